The van der Waals surface area contributed by atoms with E-state index in [0.29, 0.717) is 6.04 Å². The number of fused-ring (bicyclic) bond motifs is 4. The van der Waals surface area contributed by atoms with Crippen LogP contribution in [0.25, 0.3) is 5.65 Å². The maximum atomic E-state index is 4.66. The predicted octanol–water partition coefficient (Wildman–Crippen LogP) is 1.56. The zero-order chi connectivity index (χ0) is 13.4. The lowest BCUT2D eigenvalue weighted by Crippen LogP contribution is -2.56. The molecule has 5 heterocycles. The minimum atomic E-state index is 0.703. The van der Waals surface area contributed by atoms with Crippen molar-refractivity contribution in [3.05, 3.63) is 36.3 Å². The van der Waals surface area contributed by atoms with Gasteiger partial charge in [0, 0.05) is 37.9 Å². The van der Waals surface area contributed by atoms with Gasteiger partial charge in [-0.3, -0.25) is 0 Å². The fraction of sp³-hybridized carbons (Fsp3) is 0.562. The van der Waals surface area contributed by atoms with Crippen molar-refractivity contribution in [3.63, 3.8) is 0 Å². The van der Waals surface area contributed by atoms with Crippen LogP contribution in [0.3, 0.4) is 0 Å². The zero-order valence-electron chi connectivity index (χ0n) is 11.8. The second kappa shape index (κ2) is 5.19. The first-order chi connectivity index (χ1) is 9.88. The van der Waals surface area contributed by atoms with Crippen LogP contribution in [-0.2, 0) is 6.42 Å². The lowest BCUT2D eigenvalue weighted by Gasteiger charge is -2.45. The van der Waals surface area contributed by atoms with E-state index < -0.39 is 0 Å². The number of hydrogen-bond donors (Lipinski definition) is 1. The molecule has 0 aromatic carbocycles. The molecular formula is C16H22N4. The molecule has 3 aliphatic heterocycles. The molecule has 106 valence electrons. The molecule has 3 aliphatic rings. The average molecular weight is 270 g/mol. The molecule has 0 saturated carbocycles. The molecule has 2 aromatic rings. The third-order valence-electron chi connectivity index (χ3n) is 4.86. The van der Waals surface area contributed by atoms with Crippen molar-refractivity contribution in [2.75, 3.05) is 26.2 Å². The Morgan fingerprint density at radius 3 is 2.90 bits per heavy atom. The molecule has 0 radical (unpaired) electrons. The van der Waals surface area contributed by atoms with Crippen LogP contribution in [0.1, 0.15) is 18.5 Å². The molecule has 3 saturated heterocycles. The van der Waals surface area contributed by atoms with Crippen LogP contribution in [0.5, 0.6) is 0 Å². The lowest BCUT2D eigenvalue weighted by molar-refractivity contribution is 0.0731. The number of pyridine rings is 1. The summed E-state index contributed by atoms with van der Waals surface area (Å²) in [5.74, 6) is 0.904. The first kappa shape index (κ1) is 12.4. The summed E-state index contributed by atoms with van der Waals surface area (Å²) in [6, 6.07) is 6.85. The van der Waals surface area contributed by atoms with Gasteiger partial charge < -0.3 is 14.6 Å². The minimum Gasteiger partial charge on any atom is -0.312 e. The maximum Gasteiger partial charge on any atom is 0.136 e. The van der Waals surface area contributed by atoms with E-state index in [0.717, 1.165) is 24.5 Å². The third-order valence-corrected chi connectivity index (χ3v) is 4.86. The molecule has 2 aromatic heterocycles. The molecule has 3 fully saturated rings. The molecule has 2 bridgehead atoms. The van der Waals surface area contributed by atoms with Gasteiger partial charge in [0.2, 0.25) is 0 Å². The SMILES string of the molecule is c1ccn2cc(CCN[C@@H]3CN4CCC3CC4)nc2c1. The fourth-order valence-corrected chi connectivity index (χ4v) is 3.69. The number of rotatable bonds is 4. The Kier molecular flexibility index (Phi) is 3.20. The van der Waals surface area contributed by atoms with Crippen LogP contribution in [0, 0.1) is 5.92 Å². The van der Waals surface area contributed by atoms with Crippen molar-refractivity contribution in [2.24, 2.45) is 5.92 Å². The van der Waals surface area contributed by atoms with E-state index in [4.69, 9.17) is 0 Å². The molecule has 4 nitrogen and oxygen atoms in total. The van der Waals surface area contributed by atoms with Crippen LogP contribution in [0.15, 0.2) is 30.6 Å². The van der Waals surface area contributed by atoms with E-state index in [2.05, 4.69) is 38.1 Å². The number of nitrogens with zero attached hydrogens (tertiary/aromatic N) is 3. The van der Waals surface area contributed by atoms with Crippen molar-refractivity contribution in [1.82, 2.24) is 19.6 Å². The molecule has 1 N–H and O–H groups in total. The monoisotopic (exact) mass is 270 g/mol. The molecule has 5 rings (SSSR count). The third kappa shape index (κ3) is 2.34. The Balaban J connectivity index is 1.34. The first-order valence-electron chi connectivity index (χ1n) is 7.77. The first-order valence-corrected chi connectivity index (χ1v) is 7.77. The number of aromatic nitrogens is 2. The zero-order valence-corrected chi connectivity index (χ0v) is 11.8. The van der Waals surface area contributed by atoms with Gasteiger partial charge in [0.15, 0.2) is 0 Å². The molecule has 1 atom stereocenters. The highest BCUT2D eigenvalue weighted by Gasteiger charge is 2.33. The standard InChI is InChI=1S/C16H22N4/c1-2-8-20-11-14(18-16(20)3-1)4-7-17-15-12-19-9-5-13(15)6-10-19/h1-3,8,11,13,15,17H,4-7,9-10,12H2/t15-/m1/s1. The van der Waals surface area contributed by atoms with Crippen molar-refractivity contribution in [2.45, 2.75) is 25.3 Å². The van der Waals surface area contributed by atoms with E-state index in [1.807, 2.05) is 12.1 Å². The van der Waals surface area contributed by atoms with Crippen molar-refractivity contribution in [3.8, 4) is 0 Å². The van der Waals surface area contributed by atoms with Crippen LogP contribution >= 0.6 is 0 Å². The van der Waals surface area contributed by atoms with Gasteiger partial charge in [0.25, 0.3) is 0 Å². The Morgan fingerprint density at radius 2 is 2.15 bits per heavy atom. The quantitative estimate of drug-likeness (QED) is 0.915. The minimum absolute atomic E-state index is 0.703. The van der Waals surface area contributed by atoms with Gasteiger partial charge in [-0.2, -0.15) is 0 Å². The van der Waals surface area contributed by atoms with Crippen LogP contribution in [-0.4, -0.2) is 46.5 Å². The summed E-state index contributed by atoms with van der Waals surface area (Å²) < 4.78 is 2.10. The van der Waals surface area contributed by atoms with Gasteiger partial charge >= 0.3 is 0 Å². The molecule has 0 aliphatic carbocycles. The smallest absolute Gasteiger partial charge is 0.136 e. The Morgan fingerprint density at radius 1 is 1.25 bits per heavy atom. The van der Waals surface area contributed by atoms with E-state index in [9.17, 15) is 0 Å². The van der Waals surface area contributed by atoms with Gasteiger partial charge in [0.05, 0.1) is 5.69 Å². The normalized spacial score (nSPS) is 29.1. The van der Waals surface area contributed by atoms with Gasteiger partial charge in [-0.15, -0.1) is 0 Å². The largest absolute Gasteiger partial charge is 0.312 e. The average Bonchev–Trinajstić information content (AvgIpc) is 2.91. The van der Waals surface area contributed by atoms with Gasteiger partial charge in [-0.25, -0.2) is 4.98 Å². The number of nitrogens with one attached hydrogen (secondary N) is 1. The molecule has 0 unspecified atom stereocenters. The van der Waals surface area contributed by atoms with E-state index in [1.165, 1.54) is 38.2 Å². The van der Waals surface area contributed by atoms with E-state index >= 15 is 0 Å². The summed E-state index contributed by atoms with van der Waals surface area (Å²) in [5, 5.41) is 3.75. The highest BCUT2D eigenvalue weighted by Crippen LogP contribution is 2.27. The molecule has 0 spiro atoms. The molecular weight excluding hydrogens is 248 g/mol. The van der Waals surface area contributed by atoms with Crippen LogP contribution in [0.2, 0.25) is 0 Å². The van der Waals surface area contributed by atoms with Crippen LogP contribution < -0.4 is 5.32 Å². The molecule has 0 amide bonds. The second-order valence-electron chi connectivity index (χ2n) is 6.15. The number of imidazole rings is 1. The van der Waals surface area contributed by atoms with Crippen molar-refractivity contribution in [1.29, 1.82) is 0 Å². The van der Waals surface area contributed by atoms with E-state index in [-0.39, 0.29) is 0 Å². The Hall–Kier alpha value is -1.39. The van der Waals surface area contributed by atoms with E-state index in [1.54, 1.807) is 0 Å². The molecule has 20 heavy (non-hydrogen) atoms. The summed E-state index contributed by atoms with van der Waals surface area (Å²) in [6.45, 7) is 4.92. The Labute approximate surface area is 119 Å². The molecule has 4 heteroatoms. The topological polar surface area (TPSA) is 32.6 Å². The van der Waals surface area contributed by atoms with Gasteiger partial charge in [-0.05, 0) is 44.0 Å². The maximum absolute atomic E-state index is 4.66. The summed E-state index contributed by atoms with van der Waals surface area (Å²) in [4.78, 5) is 7.26. The second-order valence-corrected chi connectivity index (χ2v) is 6.15. The van der Waals surface area contributed by atoms with Gasteiger partial charge in [0.1, 0.15) is 5.65 Å². The fourth-order valence-electron chi connectivity index (χ4n) is 3.69. The number of piperidine rings is 3. The summed E-state index contributed by atoms with van der Waals surface area (Å²) in [7, 11) is 0. The Bertz CT molecular complexity index is 550. The van der Waals surface area contributed by atoms with Crippen LogP contribution in [0.4, 0.5) is 0 Å². The van der Waals surface area contributed by atoms with Crippen molar-refractivity contribution < 1.29 is 0 Å². The van der Waals surface area contributed by atoms with Crippen molar-refractivity contribution >= 4 is 5.65 Å². The summed E-state index contributed by atoms with van der Waals surface area (Å²) in [6.07, 6.45) is 7.99. The highest BCUT2D eigenvalue weighted by molar-refractivity contribution is 5.39. The van der Waals surface area contributed by atoms with Gasteiger partial charge in [-0.1, -0.05) is 6.07 Å². The number of hydrogen-bond acceptors (Lipinski definition) is 3. The summed E-state index contributed by atoms with van der Waals surface area (Å²) in [5.41, 5.74) is 2.23. The highest BCUT2D eigenvalue weighted by atomic mass is 15.2. The predicted molar refractivity (Wildman–Crippen MR) is 79.9 cm³/mol. The summed E-state index contributed by atoms with van der Waals surface area (Å²) >= 11 is 0. The lowest BCUT2D eigenvalue weighted by atomic mass is 9.84.